The zero-order valence-corrected chi connectivity index (χ0v) is 14.1. The van der Waals surface area contributed by atoms with Gasteiger partial charge in [-0.15, -0.1) is 17.5 Å². The SMILES string of the molecule is CCCCC(CN)NC(=O)c1cn(CC(=O)N(C)C)nn1.Cl. The summed E-state index contributed by atoms with van der Waals surface area (Å²) < 4.78 is 1.35. The summed E-state index contributed by atoms with van der Waals surface area (Å²) in [5, 5.41) is 10.4. The topological polar surface area (TPSA) is 106 Å². The largest absolute Gasteiger partial charge is 0.347 e. The van der Waals surface area contributed by atoms with Crippen LogP contribution in [0, 0.1) is 0 Å². The van der Waals surface area contributed by atoms with E-state index in [2.05, 4.69) is 22.6 Å². The second-order valence-electron chi connectivity index (χ2n) is 5.14. The van der Waals surface area contributed by atoms with E-state index in [0.717, 1.165) is 19.3 Å². The average molecular weight is 333 g/mol. The van der Waals surface area contributed by atoms with Gasteiger partial charge in [-0.25, -0.2) is 4.68 Å². The van der Waals surface area contributed by atoms with Crippen LogP contribution in [0.3, 0.4) is 0 Å². The number of unbranched alkanes of at least 4 members (excludes halogenated alkanes) is 1. The molecule has 1 unspecified atom stereocenters. The molecule has 0 aromatic carbocycles. The quantitative estimate of drug-likeness (QED) is 0.699. The predicted molar refractivity (Wildman–Crippen MR) is 85.8 cm³/mol. The highest BCUT2D eigenvalue weighted by molar-refractivity contribution is 5.92. The van der Waals surface area contributed by atoms with Gasteiger partial charge in [-0.2, -0.15) is 0 Å². The van der Waals surface area contributed by atoms with E-state index in [9.17, 15) is 9.59 Å². The smallest absolute Gasteiger partial charge is 0.273 e. The van der Waals surface area contributed by atoms with Crippen LogP contribution in [-0.2, 0) is 11.3 Å². The molecule has 22 heavy (non-hydrogen) atoms. The molecule has 1 heterocycles. The molecule has 1 rings (SSSR count). The maximum Gasteiger partial charge on any atom is 0.273 e. The number of carbonyl (C=O) groups excluding carboxylic acids is 2. The van der Waals surface area contributed by atoms with Crippen LogP contribution in [0.25, 0.3) is 0 Å². The van der Waals surface area contributed by atoms with Crippen molar-refractivity contribution in [1.29, 1.82) is 0 Å². The van der Waals surface area contributed by atoms with Gasteiger partial charge in [0.25, 0.3) is 5.91 Å². The van der Waals surface area contributed by atoms with Crippen molar-refractivity contribution in [2.45, 2.75) is 38.8 Å². The fourth-order valence-electron chi connectivity index (χ4n) is 1.72. The maximum atomic E-state index is 12.0. The molecule has 0 radical (unpaired) electrons. The Labute approximate surface area is 136 Å². The lowest BCUT2D eigenvalue weighted by Crippen LogP contribution is -2.40. The zero-order chi connectivity index (χ0) is 15.8. The summed E-state index contributed by atoms with van der Waals surface area (Å²) in [5.74, 6) is -0.431. The molecule has 126 valence electrons. The Bertz CT molecular complexity index is 477. The molecule has 0 aliphatic carbocycles. The number of halogens is 1. The molecular formula is C13H25ClN6O2. The molecule has 1 aromatic rings. The van der Waals surface area contributed by atoms with E-state index < -0.39 is 0 Å². The van der Waals surface area contributed by atoms with E-state index in [-0.39, 0.29) is 42.5 Å². The Morgan fingerprint density at radius 3 is 2.68 bits per heavy atom. The van der Waals surface area contributed by atoms with Crippen LogP contribution in [0.15, 0.2) is 6.20 Å². The summed E-state index contributed by atoms with van der Waals surface area (Å²) in [6, 6.07) is -0.0639. The van der Waals surface area contributed by atoms with Gasteiger partial charge in [-0.1, -0.05) is 25.0 Å². The first-order valence-electron chi connectivity index (χ1n) is 7.09. The molecule has 1 aromatic heterocycles. The monoisotopic (exact) mass is 332 g/mol. The Hall–Kier alpha value is -1.67. The van der Waals surface area contributed by atoms with Crippen LogP contribution in [-0.4, -0.2) is 58.4 Å². The predicted octanol–water partition coefficient (Wildman–Crippen LogP) is 0.0354. The molecule has 0 aliphatic heterocycles. The van der Waals surface area contributed by atoms with E-state index in [1.54, 1.807) is 14.1 Å². The third-order valence-electron chi connectivity index (χ3n) is 3.09. The maximum absolute atomic E-state index is 12.0. The van der Waals surface area contributed by atoms with Gasteiger partial charge in [-0.3, -0.25) is 9.59 Å². The van der Waals surface area contributed by atoms with Crippen LogP contribution >= 0.6 is 12.4 Å². The lowest BCUT2D eigenvalue weighted by Gasteiger charge is -2.15. The van der Waals surface area contributed by atoms with Gasteiger partial charge < -0.3 is 16.0 Å². The molecular weight excluding hydrogens is 308 g/mol. The van der Waals surface area contributed by atoms with Crippen LogP contribution in [0.2, 0.25) is 0 Å². The molecule has 0 saturated carbocycles. The Morgan fingerprint density at radius 2 is 2.14 bits per heavy atom. The highest BCUT2D eigenvalue weighted by Gasteiger charge is 2.16. The van der Waals surface area contributed by atoms with Gasteiger partial charge in [0.1, 0.15) is 6.54 Å². The van der Waals surface area contributed by atoms with Crippen LogP contribution < -0.4 is 11.1 Å². The number of amides is 2. The van der Waals surface area contributed by atoms with E-state index in [1.807, 2.05) is 0 Å². The number of aromatic nitrogens is 3. The molecule has 3 N–H and O–H groups in total. The van der Waals surface area contributed by atoms with E-state index in [1.165, 1.54) is 15.8 Å². The normalized spacial score (nSPS) is 11.5. The first kappa shape index (κ1) is 20.3. The standard InChI is InChI=1S/C13H24N6O2.ClH/c1-4-5-6-10(7-14)15-13(21)11-8-19(17-16-11)9-12(20)18(2)3;/h8,10H,4-7,9,14H2,1-3H3,(H,15,21);1H. The van der Waals surface area contributed by atoms with Crippen molar-refractivity contribution in [3.8, 4) is 0 Å². The van der Waals surface area contributed by atoms with Gasteiger partial charge in [0.05, 0.1) is 6.20 Å². The summed E-state index contributed by atoms with van der Waals surface area (Å²) in [4.78, 5) is 25.0. The van der Waals surface area contributed by atoms with Crippen LogP contribution in [0.1, 0.15) is 36.7 Å². The Balaban J connectivity index is 0.00000441. The summed E-state index contributed by atoms with van der Waals surface area (Å²) in [6.45, 7) is 2.53. The zero-order valence-electron chi connectivity index (χ0n) is 13.3. The number of nitrogens with one attached hydrogen (secondary N) is 1. The summed E-state index contributed by atoms with van der Waals surface area (Å²) in [6.07, 6.45) is 4.36. The molecule has 1 atom stereocenters. The minimum Gasteiger partial charge on any atom is -0.347 e. The highest BCUT2D eigenvalue weighted by Crippen LogP contribution is 2.01. The number of hydrogen-bond donors (Lipinski definition) is 2. The summed E-state index contributed by atoms with van der Waals surface area (Å²) in [5.41, 5.74) is 5.83. The molecule has 9 heteroatoms. The molecule has 8 nitrogen and oxygen atoms in total. The minimum absolute atomic E-state index is 0. The van der Waals surface area contributed by atoms with Crippen molar-refractivity contribution < 1.29 is 9.59 Å². The van der Waals surface area contributed by atoms with Crippen molar-refractivity contribution in [2.24, 2.45) is 5.73 Å². The van der Waals surface area contributed by atoms with Gasteiger partial charge >= 0.3 is 0 Å². The molecule has 0 bridgehead atoms. The molecule has 0 saturated heterocycles. The number of nitrogens with zero attached hydrogens (tertiary/aromatic N) is 4. The van der Waals surface area contributed by atoms with Crippen molar-refractivity contribution >= 4 is 24.2 Å². The highest BCUT2D eigenvalue weighted by atomic mass is 35.5. The van der Waals surface area contributed by atoms with Crippen LogP contribution in [0.4, 0.5) is 0 Å². The average Bonchev–Trinajstić information content (AvgIpc) is 2.91. The minimum atomic E-state index is -0.315. The van der Waals surface area contributed by atoms with Crippen molar-refractivity contribution in [3.63, 3.8) is 0 Å². The van der Waals surface area contributed by atoms with Gasteiger partial charge in [-0.05, 0) is 6.42 Å². The van der Waals surface area contributed by atoms with E-state index in [4.69, 9.17) is 5.73 Å². The van der Waals surface area contributed by atoms with Crippen molar-refractivity contribution in [2.75, 3.05) is 20.6 Å². The lowest BCUT2D eigenvalue weighted by atomic mass is 10.1. The second kappa shape index (κ2) is 10.1. The van der Waals surface area contributed by atoms with Gasteiger partial charge in [0.15, 0.2) is 5.69 Å². The Kier molecular flexibility index (Phi) is 9.35. The lowest BCUT2D eigenvalue weighted by molar-refractivity contribution is -0.129. The van der Waals surface area contributed by atoms with Crippen molar-refractivity contribution in [3.05, 3.63) is 11.9 Å². The van der Waals surface area contributed by atoms with Gasteiger partial charge in [0.2, 0.25) is 5.91 Å². The fraction of sp³-hybridized carbons (Fsp3) is 0.692. The first-order valence-corrected chi connectivity index (χ1v) is 7.09. The molecule has 0 fully saturated rings. The third kappa shape index (κ3) is 6.40. The number of nitrogens with two attached hydrogens (primary N) is 1. The number of carbonyl (C=O) groups is 2. The number of likely N-dealkylation sites (N-methyl/N-ethyl adjacent to an activating group) is 1. The van der Waals surface area contributed by atoms with Crippen molar-refractivity contribution in [1.82, 2.24) is 25.2 Å². The molecule has 0 aliphatic rings. The number of hydrogen-bond acceptors (Lipinski definition) is 5. The number of rotatable bonds is 8. The molecule has 2 amide bonds. The van der Waals surface area contributed by atoms with Gasteiger partial charge in [0, 0.05) is 26.7 Å². The summed E-state index contributed by atoms with van der Waals surface area (Å²) in [7, 11) is 3.32. The van der Waals surface area contributed by atoms with E-state index >= 15 is 0 Å². The molecule has 0 spiro atoms. The third-order valence-corrected chi connectivity index (χ3v) is 3.09. The van der Waals surface area contributed by atoms with Crippen LogP contribution in [0.5, 0.6) is 0 Å². The second-order valence-corrected chi connectivity index (χ2v) is 5.14. The fourth-order valence-corrected chi connectivity index (χ4v) is 1.72. The van der Waals surface area contributed by atoms with E-state index in [0.29, 0.717) is 6.54 Å². The first-order chi connectivity index (χ1) is 9.97. The summed E-state index contributed by atoms with van der Waals surface area (Å²) >= 11 is 0. The Morgan fingerprint density at radius 1 is 1.45 bits per heavy atom.